The quantitative estimate of drug-likeness (QED) is 0.393. The molecular formula is C20H13FN4O3S. The molecule has 144 valence electrons. The maximum Gasteiger partial charge on any atom is 0.269 e. The van der Waals surface area contributed by atoms with Crippen LogP contribution in [0.5, 0.6) is 0 Å². The first-order chi connectivity index (χ1) is 14.0. The summed E-state index contributed by atoms with van der Waals surface area (Å²) in [6.45, 7) is 0. The summed E-state index contributed by atoms with van der Waals surface area (Å²) in [7, 11) is 0. The minimum Gasteiger partial charge on any atom is -0.317 e. The number of benzene rings is 2. The molecule has 0 radical (unpaired) electrons. The van der Waals surface area contributed by atoms with Crippen molar-refractivity contribution in [2.24, 2.45) is 4.99 Å². The Kier molecular flexibility index (Phi) is 4.96. The lowest BCUT2D eigenvalue weighted by Gasteiger charge is -2.06. The summed E-state index contributed by atoms with van der Waals surface area (Å²) >= 11 is 1.18. The first kappa shape index (κ1) is 18.6. The topological polar surface area (TPSA) is 89.5 Å². The molecular weight excluding hydrogens is 395 g/mol. The van der Waals surface area contributed by atoms with Crippen LogP contribution in [-0.2, 0) is 4.79 Å². The van der Waals surface area contributed by atoms with Gasteiger partial charge in [-0.15, -0.1) is 0 Å². The summed E-state index contributed by atoms with van der Waals surface area (Å²) in [5.74, 6) is -0.642. The highest BCUT2D eigenvalue weighted by Crippen LogP contribution is 2.29. The number of aromatic nitrogens is 1. The van der Waals surface area contributed by atoms with E-state index >= 15 is 0 Å². The summed E-state index contributed by atoms with van der Waals surface area (Å²) in [4.78, 5) is 27.4. The summed E-state index contributed by atoms with van der Waals surface area (Å²) in [5.41, 5.74) is 2.01. The van der Waals surface area contributed by atoms with Crippen LogP contribution in [-0.4, -0.2) is 20.6 Å². The molecule has 0 spiro atoms. The molecule has 3 aromatic rings. The Hall–Kier alpha value is -3.72. The second-order valence-electron chi connectivity index (χ2n) is 6.03. The Morgan fingerprint density at radius 1 is 1.10 bits per heavy atom. The average molecular weight is 408 g/mol. The third-order valence-electron chi connectivity index (χ3n) is 4.11. The molecule has 1 saturated heterocycles. The van der Waals surface area contributed by atoms with E-state index in [1.54, 1.807) is 24.4 Å². The van der Waals surface area contributed by atoms with Crippen LogP contribution in [0, 0.1) is 15.9 Å². The molecule has 2 heterocycles. The van der Waals surface area contributed by atoms with Gasteiger partial charge in [0.25, 0.3) is 11.6 Å². The van der Waals surface area contributed by atoms with E-state index in [1.807, 2.05) is 16.7 Å². The first-order valence-corrected chi connectivity index (χ1v) is 9.28. The van der Waals surface area contributed by atoms with Gasteiger partial charge < -0.3 is 9.88 Å². The highest BCUT2D eigenvalue weighted by Gasteiger charge is 2.24. The zero-order valence-corrected chi connectivity index (χ0v) is 15.6. The highest BCUT2D eigenvalue weighted by atomic mass is 32.2. The van der Waals surface area contributed by atoms with Gasteiger partial charge in [-0.05, 0) is 66.4 Å². The number of amides is 1. The third-order valence-corrected chi connectivity index (χ3v) is 5.02. The number of rotatable bonds is 4. The van der Waals surface area contributed by atoms with Gasteiger partial charge in [0, 0.05) is 29.7 Å². The molecule has 1 aromatic heterocycles. The Morgan fingerprint density at radius 2 is 1.83 bits per heavy atom. The molecule has 0 atom stereocenters. The zero-order chi connectivity index (χ0) is 20.4. The van der Waals surface area contributed by atoms with Crippen LogP contribution >= 0.6 is 11.8 Å². The van der Waals surface area contributed by atoms with Crippen molar-refractivity contribution in [2.75, 3.05) is 0 Å². The molecule has 7 nitrogen and oxygen atoms in total. The number of nitrogens with zero attached hydrogens (tertiary/aromatic N) is 3. The Bertz CT molecular complexity index is 1150. The number of nitro benzene ring substituents is 1. The smallest absolute Gasteiger partial charge is 0.269 e. The predicted molar refractivity (Wildman–Crippen MR) is 110 cm³/mol. The highest BCUT2D eigenvalue weighted by molar-refractivity contribution is 8.18. The van der Waals surface area contributed by atoms with E-state index in [0.29, 0.717) is 15.8 Å². The van der Waals surface area contributed by atoms with Crippen LogP contribution < -0.4 is 5.32 Å². The number of hydrogen-bond donors (Lipinski definition) is 1. The normalized spacial score (nSPS) is 16.4. The van der Waals surface area contributed by atoms with Crippen LogP contribution in [0.25, 0.3) is 11.8 Å². The largest absolute Gasteiger partial charge is 0.317 e. The van der Waals surface area contributed by atoms with Crippen molar-refractivity contribution < 1.29 is 14.1 Å². The summed E-state index contributed by atoms with van der Waals surface area (Å²) in [6.07, 6.45) is 3.52. The van der Waals surface area contributed by atoms with Crippen molar-refractivity contribution in [3.05, 3.63) is 93.4 Å². The SMILES string of the molecule is O=C1NC(=Nc2ccc(F)cc2)SC1=Cc1cccn1-c1ccc([N+](=O)[O-])cc1. The van der Waals surface area contributed by atoms with Crippen molar-refractivity contribution in [3.8, 4) is 5.69 Å². The average Bonchev–Trinajstić information content (AvgIpc) is 3.30. The molecule has 29 heavy (non-hydrogen) atoms. The Morgan fingerprint density at radius 3 is 2.52 bits per heavy atom. The Labute approximate surface area is 168 Å². The molecule has 0 aliphatic carbocycles. The van der Waals surface area contributed by atoms with E-state index in [-0.39, 0.29) is 17.4 Å². The second-order valence-corrected chi connectivity index (χ2v) is 7.07. The van der Waals surface area contributed by atoms with Crippen LogP contribution in [0.2, 0.25) is 0 Å². The van der Waals surface area contributed by atoms with E-state index in [0.717, 1.165) is 11.4 Å². The number of nitro groups is 1. The van der Waals surface area contributed by atoms with E-state index in [1.165, 1.54) is 48.2 Å². The number of non-ortho nitro benzene ring substituents is 1. The Balaban J connectivity index is 1.59. The molecule has 9 heteroatoms. The number of aliphatic imine (C=N–C) groups is 1. The molecule has 4 rings (SSSR count). The predicted octanol–water partition coefficient (Wildman–Crippen LogP) is 4.42. The molecule has 0 saturated carbocycles. The molecule has 1 amide bonds. The molecule has 1 fully saturated rings. The second kappa shape index (κ2) is 7.72. The van der Waals surface area contributed by atoms with Gasteiger partial charge in [0.2, 0.25) is 0 Å². The van der Waals surface area contributed by atoms with Gasteiger partial charge in [-0.1, -0.05) is 0 Å². The van der Waals surface area contributed by atoms with Crippen LogP contribution in [0.15, 0.2) is 76.8 Å². The van der Waals surface area contributed by atoms with E-state index in [9.17, 15) is 19.3 Å². The number of carbonyl (C=O) groups excluding carboxylic acids is 1. The van der Waals surface area contributed by atoms with Crippen LogP contribution in [0.3, 0.4) is 0 Å². The van der Waals surface area contributed by atoms with Crippen molar-refractivity contribution in [1.29, 1.82) is 0 Å². The van der Waals surface area contributed by atoms with Crippen molar-refractivity contribution in [2.45, 2.75) is 0 Å². The minimum atomic E-state index is -0.455. The fraction of sp³-hybridized carbons (Fsp3) is 0. The lowest BCUT2D eigenvalue weighted by Crippen LogP contribution is -2.19. The summed E-state index contributed by atoms with van der Waals surface area (Å²) in [5, 5.41) is 13.9. The van der Waals surface area contributed by atoms with Crippen molar-refractivity contribution in [3.63, 3.8) is 0 Å². The maximum atomic E-state index is 13.0. The van der Waals surface area contributed by atoms with Gasteiger partial charge >= 0.3 is 0 Å². The van der Waals surface area contributed by atoms with Crippen molar-refractivity contribution in [1.82, 2.24) is 9.88 Å². The molecule has 1 aliphatic rings. The number of halogens is 1. The monoisotopic (exact) mass is 408 g/mol. The lowest BCUT2D eigenvalue weighted by atomic mass is 10.2. The van der Waals surface area contributed by atoms with Gasteiger partial charge in [-0.2, -0.15) is 0 Å². The van der Waals surface area contributed by atoms with E-state index in [2.05, 4.69) is 10.3 Å². The fourth-order valence-corrected chi connectivity index (χ4v) is 3.56. The first-order valence-electron chi connectivity index (χ1n) is 8.47. The number of nitrogens with one attached hydrogen (secondary N) is 1. The number of amidine groups is 1. The fourth-order valence-electron chi connectivity index (χ4n) is 2.73. The van der Waals surface area contributed by atoms with Gasteiger partial charge in [0.1, 0.15) is 5.82 Å². The maximum absolute atomic E-state index is 13.0. The minimum absolute atomic E-state index is 0.00758. The summed E-state index contributed by atoms with van der Waals surface area (Å²) in [6, 6.07) is 15.4. The number of thioether (sulfide) groups is 1. The number of hydrogen-bond acceptors (Lipinski definition) is 5. The van der Waals surface area contributed by atoms with Crippen molar-refractivity contribution >= 4 is 40.3 Å². The van der Waals surface area contributed by atoms with Gasteiger partial charge in [-0.3, -0.25) is 14.9 Å². The molecule has 1 aliphatic heterocycles. The molecule has 1 N–H and O–H groups in total. The van der Waals surface area contributed by atoms with Gasteiger partial charge in [0.05, 0.1) is 15.5 Å². The van der Waals surface area contributed by atoms with E-state index in [4.69, 9.17) is 0 Å². The third kappa shape index (κ3) is 4.09. The van der Waals surface area contributed by atoms with Gasteiger partial charge in [0.15, 0.2) is 5.17 Å². The summed E-state index contributed by atoms with van der Waals surface area (Å²) < 4.78 is 14.8. The van der Waals surface area contributed by atoms with Crippen LogP contribution in [0.4, 0.5) is 15.8 Å². The molecule has 0 unspecified atom stereocenters. The van der Waals surface area contributed by atoms with E-state index < -0.39 is 4.92 Å². The number of carbonyl (C=O) groups is 1. The lowest BCUT2D eigenvalue weighted by molar-refractivity contribution is -0.384. The molecule has 0 bridgehead atoms. The van der Waals surface area contributed by atoms with Crippen LogP contribution in [0.1, 0.15) is 5.69 Å². The van der Waals surface area contributed by atoms with Gasteiger partial charge in [-0.25, -0.2) is 9.38 Å². The molecule has 2 aromatic carbocycles. The standard InChI is InChI=1S/C20H13FN4O3S/c21-13-3-5-14(6-4-13)22-20-23-19(26)18(29-20)12-17-2-1-11-24(17)15-7-9-16(10-8-15)25(27)28/h1-12H,(H,22,23,26). The zero-order valence-electron chi connectivity index (χ0n) is 14.8.